The highest BCUT2D eigenvalue weighted by Crippen LogP contribution is 2.26. The van der Waals surface area contributed by atoms with Gasteiger partial charge in [0.25, 0.3) is 5.91 Å². The van der Waals surface area contributed by atoms with Crippen LogP contribution in [-0.4, -0.2) is 56.3 Å². The molecule has 4 aromatic rings. The van der Waals surface area contributed by atoms with Crippen molar-refractivity contribution in [2.45, 2.75) is 47.0 Å². The molecule has 4 rings (SSSR count). The number of benzene rings is 3. The van der Waals surface area contributed by atoms with Crippen LogP contribution in [0.1, 0.15) is 53.9 Å². The monoisotopic (exact) mass is 641 g/mol. The lowest BCUT2D eigenvalue weighted by Gasteiger charge is -2.24. The standard InChI is InChI=1S/C36H43N5O4S/c1-6-8-12-28-15-17-29(18-16-28)38-36(43)34(35(42)32-21-23-41(27(32)4)30-13-10-9-11-14-30)39-33-20-19-31(25-26(33)3)40(7-2)24-22-37-46(5,44)45/h9-11,13-21,23,25,37H,6-8,12,22,24H2,1-5H3,(H,38,43). The molecule has 0 fully saturated rings. The first-order valence-electron chi connectivity index (χ1n) is 15.6. The number of aliphatic imine (C=N–C) groups is 1. The van der Waals surface area contributed by atoms with Crippen molar-refractivity contribution in [3.8, 4) is 5.69 Å². The van der Waals surface area contributed by atoms with Gasteiger partial charge in [-0.15, -0.1) is 0 Å². The smallest absolute Gasteiger partial charge is 0.278 e. The van der Waals surface area contributed by atoms with Gasteiger partial charge in [-0.3, -0.25) is 9.59 Å². The van der Waals surface area contributed by atoms with Crippen LogP contribution in [0.25, 0.3) is 5.69 Å². The highest BCUT2D eigenvalue weighted by Gasteiger charge is 2.26. The van der Waals surface area contributed by atoms with E-state index in [-0.39, 0.29) is 12.3 Å². The lowest BCUT2D eigenvalue weighted by molar-refractivity contribution is -0.110. The lowest BCUT2D eigenvalue weighted by Crippen LogP contribution is -2.34. The molecular weight excluding hydrogens is 598 g/mol. The minimum Gasteiger partial charge on any atom is -0.370 e. The highest BCUT2D eigenvalue weighted by atomic mass is 32.2. The SMILES string of the molecule is CCCCc1ccc(NC(=O)C(=Nc2ccc(N(CC)CCNS(C)(=O)=O)cc2C)C(=O)c2ccn(-c3ccccc3)c2C)cc1. The van der Waals surface area contributed by atoms with E-state index >= 15 is 0 Å². The van der Waals surface area contributed by atoms with E-state index in [0.29, 0.717) is 35.7 Å². The van der Waals surface area contributed by atoms with Crippen LogP contribution in [-0.2, 0) is 21.2 Å². The van der Waals surface area contributed by atoms with Crippen molar-refractivity contribution in [3.05, 3.63) is 107 Å². The Bertz CT molecular complexity index is 1800. The molecule has 0 bridgehead atoms. The van der Waals surface area contributed by atoms with Crippen molar-refractivity contribution < 1.29 is 18.0 Å². The number of hydrogen-bond acceptors (Lipinski definition) is 6. The summed E-state index contributed by atoms with van der Waals surface area (Å²) < 4.78 is 27.5. The number of Topliss-reactive ketones (excluding diaryl/α,β-unsaturated/α-hetero) is 1. The van der Waals surface area contributed by atoms with Gasteiger partial charge in [0.05, 0.1) is 11.9 Å². The fourth-order valence-electron chi connectivity index (χ4n) is 5.20. The number of para-hydroxylation sites is 1. The Morgan fingerprint density at radius 3 is 2.28 bits per heavy atom. The number of aryl methyl sites for hydroxylation is 2. The van der Waals surface area contributed by atoms with E-state index in [2.05, 4.69) is 22.0 Å². The van der Waals surface area contributed by atoms with Gasteiger partial charge in [-0.2, -0.15) is 0 Å². The van der Waals surface area contributed by atoms with Crippen molar-refractivity contribution in [3.63, 3.8) is 0 Å². The summed E-state index contributed by atoms with van der Waals surface area (Å²) in [5.41, 5.74) is 5.68. The molecule has 0 unspecified atom stereocenters. The van der Waals surface area contributed by atoms with E-state index in [9.17, 15) is 18.0 Å². The first kappa shape index (κ1) is 34.3. The maximum absolute atomic E-state index is 14.1. The molecular formula is C36H43N5O4S. The number of nitrogens with one attached hydrogen (secondary N) is 2. The molecule has 242 valence electrons. The molecule has 2 N–H and O–H groups in total. The number of carbonyl (C=O) groups is 2. The van der Waals surface area contributed by atoms with Crippen LogP contribution in [0.3, 0.4) is 0 Å². The predicted molar refractivity (Wildman–Crippen MR) is 188 cm³/mol. The van der Waals surface area contributed by atoms with Crippen molar-refractivity contribution in [2.75, 3.05) is 36.1 Å². The zero-order valence-corrected chi connectivity index (χ0v) is 28.0. The summed E-state index contributed by atoms with van der Waals surface area (Å²) in [5, 5.41) is 2.89. The van der Waals surface area contributed by atoms with Gasteiger partial charge >= 0.3 is 0 Å². The number of amides is 1. The number of unbranched alkanes of at least 4 members (excludes halogenated alkanes) is 1. The summed E-state index contributed by atoms with van der Waals surface area (Å²) in [4.78, 5) is 34.6. The van der Waals surface area contributed by atoms with Gasteiger partial charge < -0.3 is 14.8 Å². The third-order valence-corrected chi connectivity index (χ3v) is 8.52. The number of rotatable bonds is 15. The Balaban J connectivity index is 1.67. The second-order valence-electron chi connectivity index (χ2n) is 11.3. The minimum absolute atomic E-state index is 0.218. The molecule has 9 nitrogen and oxygen atoms in total. The van der Waals surface area contributed by atoms with E-state index in [1.165, 1.54) is 5.56 Å². The van der Waals surface area contributed by atoms with E-state index in [0.717, 1.165) is 42.5 Å². The van der Waals surface area contributed by atoms with Crippen LogP contribution < -0.4 is 14.9 Å². The zero-order valence-electron chi connectivity index (χ0n) is 27.2. The average Bonchev–Trinajstić information content (AvgIpc) is 3.42. The van der Waals surface area contributed by atoms with Crippen molar-refractivity contribution in [1.29, 1.82) is 0 Å². The van der Waals surface area contributed by atoms with Crippen LogP contribution in [0, 0.1) is 13.8 Å². The average molecular weight is 642 g/mol. The van der Waals surface area contributed by atoms with Gasteiger partial charge in [0, 0.05) is 54.2 Å². The Morgan fingerprint density at radius 2 is 1.65 bits per heavy atom. The van der Waals surface area contributed by atoms with Crippen LogP contribution in [0.15, 0.2) is 90.1 Å². The van der Waals surface area contributed by atoms with Crippen LogP contribution >= 0.6 is 0 Å². The zero-order chi connectivity index (χ0) is 33.3. The fourth-order valence-corrected chi connectivity index (χ4v) is 5.66. The Labute approximate surface area is 272 Å². The molecule has 1 amide bonds. The van der Waals surface area contributed by atoms with E-state index in [1.54, 1.807) is 12.1 Å². The Hall–Kier alpha value is -4.54. The lowest BCUT2D eigenvalue weighted by atomic mass is 10.1. The summed E-state index contributed by atoms with van der Waals surface area (Å²) >= 11 is 0. The molecule has 0 saturated carbocycles. The number of carbonyl (C=O) groups excluding carboxylic acids is 2. The number of anilines is 2. The van der Waals surface area contributed by atoms with Gasteiger partial charge in [-0.25, -0.2) is 18.1 Å². The Kier molecular flexibility index (Phi) is 11.7. The first-order valence-corrected chi connectivity index (χ1v) is 17.5. The van der Waals surface area contributed by atoms with Gasteiger partial charge in [-0.1, -0.05) is 43.7 Å². The number of aromatic nitrogens is 1. The number of likely N-dealkylation sites (N-methyl/N-ethyl adjacent to an activating group) is 1. The number of sulfonamides is 1. The van der Waals surface area contributed by atoms with E-state index in [4.69, 9.17) is 0 Å². The molecule has 0 spiro atoms. The maximum Gasteiger partial charge on any atom is 0.278 e. The Morgan fingerprint density at radius 1 is 0.935 bits per heavy atom. The second kappa shape index (κ2) is 15.6. The van der Waals surface area contributed by atoms with E-state index < -0.39 is 21.7 Å². The molecule has 10 heteroatoms. The first-order chi connectivity index (χ1) is 22.0. The van der Waals surface area contributed by atoms with Gasteiger partial charge in [0.15, 0.2) is 5.71 Å². The fraction of sp³-hybridized carbons (Fsp3) is 0.306. The third kappa shape index (κ3) is 9.02. The molecule has 0 aliphatic heterocycles. The van der Waals surface area contributed by atoms with Gasteiger partial charge in [0.1, 0.15) is 0 Å². The summed E-state index contributed by atoms with van der Waals surface area (Å²) in [5.74, 6) is -1.07. The van der Waals surface area contributed by atoms with Crippen molar-refractivity contribution in [2.24, 2.45) is 4.99 Å². The van der Waals surface area contributed by atoms with Crippen LogP contribution in [0.2, 0.25) is 0 Å². The molecule has 3 aromatic carbocycles. The quantitative estimate of drug-likeness (QED) is 0.0886. The molecule has 1 heterocycles. The second-order valence-corrected chi connectivity index (χ2v) is 13.1. The van der Waals surface area contributed by atoms with E-state index in [1.807, 2.05) is 103 Å². The summed E-state index contributed by atoms with van der Waals surface area (Å²) in [6.07, 6.45) is 6.11. The van der Waals surface area contributed by atoms with Crippen molar-refractivity contribution >= 4 is 44.5 Å². The molecule has 0 saturated heterocycles. The topological polar surface area (TPSA) is 113 Å². The maximum atomic E-state index is 14.1. The normalized spacial score (nSPS) is 11.8. The van der Waals surface area contributed by atoms with Gasteiger partial charge in [0.2, 0.25) is 15.8 Å². The summed E-state index contributed by atoms with van der Waals surface area (Å²) in [6, 6.07) is 24.7. The summed E-state index contributed by atoms with van der Waals surface area (Å²) in [7, 11) is -3.29. The van der Waals surface area contributed by atoms with Crippen molar-refractivity contribution in [1.82, 2.24) is 9.29 Å². The number of hydrogen-bond donors (Lipinski definition) is 2. The van der Waals surface area contributed by atoms with Gasteiger partial charge in [-0.05, 0) is 93.3 Å². The number of ketones is 1. The van der Waals surface area contributed by atoms with Crippen LogP contribution in [0.4, 0.5) is 17.1 Å². The third-order valence-electron chi connectivity index (χ3n) is 7.79. The molecule has 0 atom stereocenters. The molecule has 1 aromatic heterocycles. The predicted octanol–water partition coefficient (Wildman–Crippen LogP) is 6.41. The molecule has 0 aliphatic rings. The highest BCUT2D eigenvalue weighted by molar-refractivity contribution is 7.88. The minimum atomic E-state index is -3.29. The molecule has 0 radical (unpaired) electrons. The number of nitrogens with zero attached hydrogens (tertiary/aromatic N) is 3. The molecule has 0 aliphatic carbocycles. The van der Waals surface area contributed by atoms with Crippen LogP contribution in [0.5, 0.6) is 0 Å². The molecule has 46 heavy (non-hydrogen) atoms. The summed E-state index contributed by atoms with van der Waals surface area (Å²) in [6.45, 7) is 9.27. The largest absolute Gasteiger partial charge is 0.370 e.